The van der Waals surface area contributed by atoms with Gasteiger partial charge in [-0.3, -0.25) is 4.79 Å². The van der Waals surface area contributed by atoms with Gasteiger partial charge in [0, 0.05) is 20.7 Å². The molecule has 0 saturated heterocycles. The van der Waals surface area contributed by atoms with Gasteiger partial charge in [-0.2, -0.15) is 0 Å². The molecular weight excluding hydrogens is 184 g/mol. The van der Waals surface area contributed by atoms with Crippen LogP contribution in [-0.2, 0) is 9.53 Å². The number of carbonyl (C=O) groups is 1. The number of aliphatic hydroxyl groups is 1. The average Bonchev–Trinajstić information content (AvgIpc) is 2.22. The first kappa shape index (κ1) is 13.4. The Hall–Kier alpha value is -0.650. The van der Waals surface area contributed by atoms with Gasteiger partial charge in [0.15, 0.2) is 0 Å². The van der Waals surface area contributed by atoms with E-state index in [2.05, 4.69) is 5.32 Å². The largest absolute Gasteiger partial charge is 0.395 e. The van der Waals surface area contributed by atoms with Crippen LogP contribution >= 0.6 is 0 Å². The number of likely N-dealkylation sites (N-methyl/N-ethyl adjacent to an activating group) is 1. The minimum atomic E-state index is -0.172. The summed E-state index contributed by atoms with van der Waals surface area (Å²) in [6.07, 6.45) is 0. The van der Waals surface area contributed by atoms with E-state index in [1.165, 1.54) is 0 Å². The van der Waals surface area contributed by atoms with E-state index in [0.717, 1.165) is 0 Å². The van der Waals surface area contributed by atoms with Crippen LogP contribution in [0.15, 0.2) is 0 Å². The zero-order valence-corrected chi connectivity index (χ0v) is 9.12. The van der Waals surface area contributed by atoms with Crippen molar-refractivity contribution in [1.82, 2.24) is 10.2 Å². The van der Waals surface area contributed by atoms with Crippen LogP contribution in [0.4, 0.5) is 0 Å². The molecule has 5 nitrogen and oxygen atoms in total. The Morgan fingerprint density at radius 1 is 1.64 bits per heavy atom. The third-order valence-corrected chi connectivity index (χ3v) is 2.03. The lowest BCUT2D eigenvalue weighted by molar-refractivity contribution is -0.129. The van der Waals surface area contributed by atoms with Gasteiger partial charge in [-0.25, -0.2) is 0 Å². The molecule has 2 N–H and O–H groups in total. The van der Waals surface area contributed by atoms with E-state index in [9.17, 15) is 4.79 Å². The Bertz CT molecular complexity index is 164. The predicted molar refractivity (Wildman–Crippen MR) is 54.1 cm³/mol. The fourth-order valence-electron chi connectivity index (χ4n) is 0.920. The maximum absolute atomic E-state index is 11.3. The summed E-state index contributed by atoms with van der Waals surface area (Å²) >= 11 is 0. The number of methoxy groups -OCH3 is 1. The maximum atomic E-state index is 11.3. The van der Waals surface area contributed by atoms with E-state index in [-0.39, 0.29) is 25.1 Å². The molecule has 0 rings (SSSR count). The van der Waals surface area contributed by atoms with Crippen molar-refractivity contribution in [3.8, 4) is 0 Å². The highest BCUT2D eigenvalue weighted by molar-refractivity contribution is 5.77. The second-order valence-electron chi connectivity index (χ2n) is 3.12. The fraction of sp³-hybridized carbons (Fsp3) is 0.889. The van der Waals surface area contributed by atoms with Crippen molar-refractivity contribution in [1.29, 1.82) is 0 Å². The van der Waals surface area contributed by atoms with Crippen LogP contribution in [0.5, 0.6) is 0 Å². The highest BCUT2D eigenvalue weighted by atomic mass is 16.5. The second-order valence-corrected chi connectivity index (χ2v) is 3.12. The van der Waals surface area contributed by atoms with Crippen LogP contribution in [0, 0.1) is 0 Å². The van der Waals surface area contributed by atoms with Crippen molar-refractivity contribution >= 4 is 5.91 Å². The van der Waals surface area contributed by atoms with Crippen molar-refractivity contribution in [2.75, 3.05) is 40.5 Å². The maximum Gasteiger partial charge on any atom is 0.236 e. The molecule has 0 saturated carbocycles. The standard InChI is InChI=1S/C9H20N2O3/c1-4-11(2)9(13)5-10-8(6-12)7-14-3/h8,10,12H,4-7H2,1-3H3. The van der Waals surface area contributed by atoms with Crippen LogP contribution < -0.4 is 5.32 Å². The first-order valence-corrected chi connectivity index (χ1v) is 4.72. The number of hydrogen-bond acceptors (Lipinski definition) is 4. The van der Waals surface area contributed by atoms with Crippen molar-refractivity contribution in [2.24, 2.45) is 0 Å². The Labute approximate surface area is 85.0 Å². The van der Waals surface area contributed by atoms with Crippen LogP contribution in [0.3, 0.4) is 0 Å². The molecule has 0 radical (unpaired) electrons. The van der Waals surface area contributed by atoms with Gasteiger partial charge in [-0.05, 0) is 6.92 Å². The number of hydrogen-bond donors (Lipinski definition) is 2. The summed E-state index contributed by atoms with van der Waals surface area (Å²) in [6.45, 7) is 3.21. The van der Waals surface area contributed by atoms with Gasteiger partial charge in [0.05, 0.1) is 25.8 Å². The Kier molecular flexibility index (Phi) is 7.37. The van der Waals surface area contributed by atoms with Gasteiger partial charge in [0.2, 0.25) is 5.91 Å². The molecule has 0 aromatic carbocycles. The number of aliphatic hydroxyl groups excluding tert-OH is 1. The van der Waals surface area contributed by atoms with Gasteiger partial charge in [0.1, 0.15) is 0 Å². The quantitative estimate of drug-likeness (QED) is 0.562. The normalized spacial score (nSPS) is 12.6. The molecule has 0 spiro atoms. The molecule has 0 bridgehead atoms. The lowest BCUT2D eigenvalue weighted by atomic mass is 10.3. The molecule has 1 unspecified atom stereocenters. The van der Waals surface area contributed by atoms with Crippen molar-refractivity contribution in [2.45, 2.75) is 13.0 Å². The van der Waals surface area contributed by atoms with Crippen LogP contribution in [0.25, 0.3) is 0 Å². The number of rotatable bonds is 7. The first-order valence-electron chi connectivity index (χ1n) is 4.72. The van der Waals surface area contributed by atoms with Crippen LogP contribution in [0.2, 0.25) is 0 Å². The van der Waals surface area contributed by atoms with Gasteiger partial charge in [-0.15, -0.1) is 0 Å². The summed E-state index contributed by atoms with van der Waals surface area (Å²) in [5.74, 6) is 0.0158. The molecule has 0 aromatic heterocycles. The number of carbonyl (C=O) groups excluding carboxylic acids is 1. The Balaban J connectivity index is 3.73. The molecule has 14 heavy (non-hydrogen) atoms. The summed E-state index contributed by atoms with van der Waals surface area (Å²) in [7, 11) is 3.30. The fourth-order valence-corrected chi connectivity index (χ4v) is 0.920. The highest BCUT2D eigenvalue weighted by Crippen LogP contribution is 1.86. The second kappa shape index (κ2) is 7.73. The molecule has 0 aliphatic carbocycles. The first-order chi connectivity index (χ1) is 6.65. The summed E-state index contributed by atoms with van der Waals surface area (Å²) in [5, 5.41) is 11.8. The Morgan fingerprint density at radius 3 is 2.71 bits per heavy atom. The topological polar surface area (TPSA) is 61.8 Å². The van der Waals surface area contributed by atoms with E-state index in [1.807, 2.05) is 6.92 Å². The van der Waals surface area contributed by atoms with Crippen molar-refractivity contribution < 1.29 is 14.6 Å². The van der Waals surface area contributed by atoms with E-state index in [1.54, 1.807) is 19.1 Å². The molecule has 0 aliphatic rings. The summed E-state index contributed by atoms with van der Waals surface area (Å²) < 4.78 is 4.87. The third-order valence-electron chi connectivity index (χ3n) is 2.03. The number of nitrogens with zero attached hydrogens (tertiary/aromatic N) is 1. The zero-order chi connectivity index (χ0) is 11.0. The number of ether oxygens (including phenoxy) is 1. The highest BCUT2D eigenvalue weighted by Gasteiger charge is 2.10. The van der Waals surface area contributed by atoms with Gasteiger partial charge >= 0.3 is 0 Å². The van der Waals surface area contributed by atoms with Crippen LogP contribution in [-0.4, -0.2) is 62.4 Å². The SMILES string of the molecule is CCN(C)C(=O)CNC(CO)COC. The van der Waals surface area contributed by atoms with Crippen LogP contribution in [0.1, 0.15) is 6.92 Å². The molecule has 0 aromatic rings. The third kappa shape index (κ3) is 5.16. The molecular formula is C9H20N2O3. The van der Waals surface area contributed by atoms with E-state index in [4.69, 9.17) is 9.84 Å². The number of nitrogens with one attached hydrogen (secondary N) is 1. The summed E-state index contributed by atoms with van der Waals surface area (Å²) in [4.78, 5) is 13.0. The molecule has 0 fully saturated rings. The lowest BCUT2D eigenvalue weighted by Crippen LogP contribution is -2.43. The van der Waals surface area contributed by atoms with Crippen molar-refractivity contribution in [3.05, 3.63) is 0 Å². The minimum absolute atomic E-state index is 0.0158. The zero-order valence-electron chi connectivity index (χ0n) is 9.12. The van der Waals surface area contributed by atoms with E-state index in [0.29, 0.717) is 13.2 Å². The smallest absolute Gasteiger partial charge is 0.236 e. The lowest BCUT2D eigenvalue weighted by Gasteiger charge is -2.18. The van der Waals surface area contributed by atoms with Gasteiger partial charge in [-0.1, -0.05) is 0 Å². The molecule has 84 valence electrons. The summed E-state index contributed by atoms with van der Waals surface area (Å²) in [5.41, 5.74) is 0. The predicted octanol–water partition coefficient (Wildman–Crippen LogP) is -0.938. The van der Waals surface area contributed by atoms with Gasteiger partial charge in [0.25, 0.3) is 0 Å². The molecule has 1 amide bonds. The minimum Gasteiger partial charge on any atom is -0.395 e. The average molecular weight is 204 g/mol. The van der Waals surface area contributed by atoms with E-state index >= 15 is 0 Å². The number of amides is 1. The Morgan fingerprint density at radius 2 is 2.29 bits per heavy atom. The molecule has 0 aliphatic heterocycles. The molecule has 5 heteroatoms. The van der Waals surface area contributed by atoms with Crippen molar-refractivity contribution in [3.63, 3.8) is 0 Å². The van der Waals surface area contributed by atoms with Gasteiger partial charge < -0.3 is 20.1 Å². The molecule has 0 heterocycles. The molecule has 1 atom stereocenters. The van der Waals surface area contributed by atoms with E-state index < -0.39 is 0 Å². The monoisotopic (exact) mass is 204 g/mol. The summed E-state index contributed by atoms with van der Waals surface area (Å²) in [6, 6.07) is -0.172.